The average Bonchev–Trinajstić information content (AvgIpc) is 2.08. The Morgan fingerprint density at radius 2 is 2.08 bits per heavy atom. The summed E-state index contributed by atoms with van der Waals surface area (Å²) in [5, 5.41) is 3.50. The molecule has 0 fully saturated rings. The highest BCUT2D eigenvalue weighted by Crippen LogP contribution is 2.15. The fourth-order valence-electron chi connectivity index (χ4n) is 1.16. The third-order valence-corrected chi connectivity index (χ3v) is 1.98. The minimum atomic E-state index is 1.06. The van der Waals surface area contributed by atoms with Crippen LogP contribution in [-0.2, 0) is 0 Å². The van der Waals surface area contributed by atoms with E-state index in [4.69, 9.17) is 5.84 Å². The molecule has 0 saturated carbocycles. The van der Waals surface area contributed by atoms with Gasteiger partial charge in [0.05, 0.1) is 6.21 Å². The van der Waals surface area contributed by atoms with Gasteiger partial charge in [0.15, 0.2) is 0 Å². The quantitative estimate of drug-likeness (QED) is 0.421. The highest BCUT2D eigenvalue weighted by Gasteiger charge is 1.98. The van der Waals surface area contributed by atoms with Crippen molar-refractivity contribution in [2.75, 3.05) is 19.0 Å². The summed E-state index contributed by atoms with van der Waals surface area (Å²) in [5.74, 6) is 5.09. The van der Waals surface area contributed by atoms with Gasteiger partial charge in [0.2, 0.25) is 0 Å². The molecule has 0 saturated heterocycles. The van der Waals surface area contributed by atoms with Crippen LogP contribution in [0.15, 0.2) is 23.3 Å². The van der Waals surface area contributed by atoms with E-state index in [1.54, 1.807) is 6.21 Å². The molecule has 1 rings (SSSR count). The van der Waals surface area contributed by atoms with Gasteiger partial charge in [-0.05, 0) is 30.2 Å². The lowest BCUT2D eigenvalue weighted by atomic mass is 10.1. The van der Waals surface area contributed by atoms with Crippen LogP contribution in [0.3, 0.4) is 0 Å². The SMILES string of the molecule is Cc1cc(N(C)C)ccc1/C=N/N. The molecule has 1 aromatic rings. The highest BCUT2D eigenvalue weighted by atomic mass is 15.1. The molecule has 0 aliphatic heterocycles. The summed E-state index contributed by atoms with van der Waals surface area (Å²) in [6.07, 6.45) is 1.66. The van der Waals surface area contributed by atoms with Gasteiger partial charge < -0.3 is 10.7 Å². The van der Waals surface area contributed by atoms with Crippen molar-refractivity contribution >= 4 is 11.9 Å². The van der Waals surface area contributed by atoms with Crippen molar-refractivity contribution in [1.29, 1.82) is 0 Å². The number of nitrogens with two attached hydrogens (primary N) is 1. The Kier molecular flexibility index (Phi) is 2.90. The van der Waals surface area contributed by atoms with E-state index in [0.29, 0.717) is 0 Å². The first-order chi connectivity index (χ1) is 6.15. The summed E-state index contributed by atoms with van der Waals surface area (Å²) in [4.78, 5) is 2.07. The molecule has 0 amide bonds. The second kappa shape index (κ2) is 3.94. The van der Waals surface area contributed by atoms with Crippen LogP contribution >= 0.6 is 0 Å². The number of nitrogens with zero attached hydrogens (tertiary/aromatic N) is 2. The average molecular weight is 177 g/mol. The van der Waals surface area contributed by atoms with Crippen molar-refractivity contribution in [3.63, 3.8) is 0 Å². The Labute approximate surface area is 78.9 Å². The number of rotatable bonds is 2. The van der Waals surface area contributed by atoms with Gasteiger partial charge in [-0.2, -0.15) is 5.10 Å². The van der Waals surface area contributed by atoms with E-state index < -0.39 is 0 Å². The molecule has 0 bridgehead atoms. The molecule has 1 aromatic carbocycles. The van der Waals surface area contributed by atoms with Crippen molar-refractivity contribution in [1.82, 2.24) is 0 Å². The number of benzene rings is 1. The van der Waals surface area contributed by atoms with Crippen LogP contribution < -0.4 is 10.7 Å². The van der Waals surface area contributed by atoms with Crippen molar-refractivity contribution in [3.05, 3.63) is 29.3 Å². The second-order valence-electron chi connectivity index (χ2n) is 3.21. The van der Waals surface area contributed by atoms with Crippen molar-refractivity contribution in [2.24, 2.45) is 10.9 Å². The summed E-state index contributed by atoms with van der Waals surface area (Å²) in [7, 11) is 4.04. The van der Waals surface area contributed by atoms with Crippen LogP contribution in [0.25, 0.3) is 0 Å². The zero-order valence-corrected chi connectivity index (χ0v) is 8.28. The largest absolute Gasteiger partial charge is 0.378 e. The first kappa shape index (κ1) is 9.58. The van der Waals surface area contributed by atoms with Gasteiger partial charge in [0.25, 0.3) is 0 Å². The Hall–Kier alpha value is -1.51. The minimum absolute atomic E-state index is 1.06. The zero-order chi connectivity index (χ0) is 9.84. The van der Waals surface area contributed by atoms with Crippen molar-refractivity contribution in [2.45, 2.75) is 6.92 Å². The van der Waals surface area contributed by atoms with Crippen LogP contribution in [-0.4, -0.2) is 20.3 Å². The van der Waals surface area contributed by atoms with Crippen LogP contribution in [0.5, 0.6) is 0 Å². The highest BCUT2D eigenvalue weighted by molar-refractivity contribution is 5.82. The summed E-state index contributed by atoms with van der Waals surface area (Å²) >= 11 is 0. The fourth-order valence-corrected chi connectivity index (χ4v) is 1.16. The molecular formula is C10H15N3. The van der Waals surface area contributed by atoms with Crippen LogP contribution in [0.4, 0.5) is 5.69 Å². The zero-order valence-electron chi connectivity index (χ0n) is 8.28. The molecule has 2 N–H and O–H groups in total. The monoisotopic (exact) mass is 177 g/mol. The molecule has 70 valence electrons. The molecule has 0 heterocycles. The molecular weight excluding hydrogens is 162 g/mol. The van der Waals surface area contributed by atoms with Gasteiger partial charge in [-0.25, -0.2) is 0 Å². The van der Waals surface area contributed by atoms with Gasteiger partial charge in [-0.1, -0.05) is 6.07 Å². The minimum Gasteiger partial charge on any atom is -0.378 e. The van der Waals surface area contributed by atoms with E-state index in [2.05, 4.69) is 16.1 Å². The van der Waals surface area contributed by atoms with Crippen LogP contribution in [0.2, 0.25) is 0 Å². The lowest BCUT2D eigenvalue weighted by molar-refractivity contribution is 1.13. The third kappa shape index (κ3) is 2.21. The smallest absolute Gasteiger partial charge is 0.0540 e. The molecule has 0 aliphatic rings. The molecule has 0 aliphatic carbocycles. The first-order valence-corrected chi connectivity index (χ1v) is 4.16. The Morgan fingerprint density at radius 3 is 2.54 bits per heavy atom. The van der Waals surface area contributed by atoms with E-state index in [1.165, 1.54) is 11.3 Å². The first-order valence-electron chi connectivity index (χ1n) is 4.16. The fraction of sp³-hybridized carbons (Fsp3) is 0.300. The maximum atomic E-state index is 5.09. The summed E-state index contributed by atoms with van der Waals surface area (Å²) in [6, 6.07) is 6.17. The number of aryl methyl sites for hydroxylation is 1. The second-order valence-corrected chi connectivity index (χ2v) is 3.21. The van der Waals surface area contributed by atoms with E-state index >= 15 is 0 Å². The number of anilines is 1. The Morgan fingerprint density at radius 1 is 1.38 bits per heavy atom. The lowest BCUT2D eigenvalue weighted by Gasteiger charge is -2.13. The van der Waals surface area contributed by atoms with Gasteiger partial charge in [-0.3, -0.25) is 0 Å². The Bertz CT molecular complexity index is 316. The van der Waals surface area contributed by atoms with E-state index in [9.17, 15) is 0 Å². The topological polar surface area (TPSA) is 41.6 Å². The molecule has 0 unspecified atom stereocenters. The molecule has 3 nitrogen and oxygen atoms in total. The van der Waals surface area contributed by atoms with Gasteiger partial charge in [-0.15, -0.1) is 0 Å². The summed E-state index contributed by atoms with van der Waals surface area (Å²) in [6.45, 7) is 2.05. The molecule has 0 aromatic heterocycles. The van der Waals surface area contributed by atoms with E-state index in [1.807, 2.05) is 33.2 Å². The number of hydrazone groups is 1. The lowest BCUT2D eigenvalue weighted by Crippen LogP contribution is -2.08. The summed E-state index contributed by atoms with van der Waals surface area (Å²) < 4.78 is 0. The molecule has 0 radical (unpaired) electrons. The molecule has 13 heavy (non-hydrogen) atoms. The molecule has 0 atom stereocenters. The predicted molar refractivity (Wildman–Crippen MR) is 57.3 cm³/mol. The van der Waals surface area contributed by atoms with E-state index in [0.717, 1.165) is 5.56 Å². The molecule has 0 spiro atoms. The van der Waals surface area contributed by atoms with Gasteiger partial charge >= 0.3 is 0 Å². The normalized spacial score (nSPS) is 10.7. The standard InChI is InChI=1S/C10H15N3/c1-8-6-10(13(2)3)5-4-9(8)7-12-11/h4-7H,11H2,1-3H3/b12-7+. The maximum Gasteiger partial charge on any atom is 0.0540 e. The maximum absolute atomic E-state index is 5.09. The third-order valence-electron chi connectivity index (χ3n) is 1.98. The molecule has 3 heteroatoms. The van der Waals surface area contributed by atoms with Gasteiger partial charge in [0.1, 0.15) is 0 Å². The predicted octanol–water partition coefficient (Wildman–Crippen LogP) is 1.35. The number of hydrogen-bond donors (Lipinski definition) is 1. The summed E-state index contributed by atoms with van der Waals surface area (Å²) in [5.41, 5.74) is 3.43. The Balaban J connectivity index is 3.05. The van der Waals surface area contributed by atoms with Crippen molar-refractivity contribution < 1.29 is 0 Å². The van der Waals surface area contributed by atoms with Crippen molar-refractivity contribution in [3.8, 4) is 0 Å². The number of hydrogen-bond acceptors (Lipinski definition) is 3. The van der Waals surface area contributed by atoms with Crippen LogP contribution in [0.1, 0.15) is 11.1 Å². The van der Waals surface area contributed by atoms with Gasteiger partial charge in [0, 0.05) is 19.8 Å². The van der Waals surface area contributed by atoms with E-state index in [-0.39, 0.29) is 0 Å². The van der Waals surface area contributed by atoms with Crippen LogP contribution in [0, 0.1) is 6.92 Å².